The van der Waals surface area contributed by atoms with Gasteiger partial charge in [0, 0.05) is 24.8 Å². The van der Waals surface area contributed by atoms with Crippen molar-refractivity contribution < 1.29 is 17.9 Å². The number of aryl methyl sites for hydroxylation is 1. The zero-order valence-electron chi connectivity index (χ0n) is 16.9. The Hall–Kier alpha value is -2.23. The predicted molar refractivity (Wildman–Crippen MR) is 111 cm³/mol. The van der Waals surface area contributed by atoms with Crippen LogP contribution in [0.3, 0.4) is 0 Å². The molecule has 0 atom stereocenters. The Labute approximate surface area is 172 Å². The molecule has 2 aromatic rings. The first-order chi connectivity index (χ1) is 14.0. The van der Waals surface area contributed by atoms with Gasteiger partial charge in [-0.1, -0.05) is 13.3 Å². The van der Waals surface area contributed by atoms with E-state index < -0.39 is 10.0 Å². The summed E-state index contributed by atoms with van der Waals surface area (Å²) in [6.07, 6.45) is 2.01. The molecule has 0 aliphatic carbocycles. The monoisotopic (exact) mass is 420 g/mol. The summed E-state index contributed by atoms with van der Waals surface area (Å²) in [5.74, 6) is 1.90. The molecule has 9 heteroatoms. The molecule has 0 bridgehead atoms. The number of hydrogen-bond acceptors (Lipinski definition) is 7. The van der Waals surface area contributed by atoms with Crippen molar-refractivity contribution in [3.8, 4) is 5.75 Å². The highest BCUT2D eigenvalue weighted by Crippen LogP contribution is 2.17. The highest BCUT2D eigenvalue weighted by Gasteiger charge is 2.17. The lowest BCUT2D eigenvalue weighted by Crippen LogP contribution is -2.37. The lowest BCUT2D eigenvalue weighted by atomic mass is 10.3. The number of rotatable bonds is 9. The third-order valence-electron chi connectivity index (χ3n) is 4.54. The normalized spacial score (nSPS) is 14.8. The second kappa shape index (κ2) is 10.00. The molecule has 1 aromatic heterocycles. The second-order valence-electron chi connectivity index (χ2n) is 6.88. The highest BCUT2D eigenvalue weighted by atomic mass is 32.2. The molecule has 0 radical (unpaired) electrons. The molecular formula is C20H28N4O4S. The van der Waals surface area contributed by atoms with Crippen molar-refractivity contribution in [2.75, 3.05) is 37.8 Å². The summed E-state index contributed by atoms with van der Waals surface area (Å²) >= 11 is 0. The van der Waals surface area contributed by atoms with Gasteiger partial charge in [0.05, 0.1) is 31.3 Å². The van der Waals surface area contributed by atoms with Gasteiger partial charge in [-0.05, 0) is 37.6 Å². The molecule has 0 saturated carbocycles. The van der Waals surface area contributed by atoms with Gasteiger partial charge < -0.3 is 14.4 Å². The van der Waals surface area contributed by atoms with Gasteiger partial charge in [0.15, 0.2) is 0 Å². The number of sulfonamides is 1. The fourth-order valence-electron chi connectivity index (χ4n) is 2.94. The predicted octanol–water partition coefficient (Wildman–Crippen LogP) is 2.28. The van der Waals surface area contributed by atoms with Crippen molar-refractivity contribution in [3.05, 3.63) is 41.9 Å². The number of nitrogens with zero attached hydrogens (tertiary/aromatic N) is 3. The van der Waals surface area contributed by atoms with Gasteiger partial charge in [-0.15, -0.1) is 0 Å². The van der Waals surface area contributed by atoms with Crippen molar-refractivity contribution in [2.45, 2.75) is 38.1 Å². The number of unbranched alkanes of at least 4 members (excludes halogenated alkanes) is 1. The molecule has 0 unspecified atom stereocenters. The average molecular weight is 421 g/mol. The van der Waals surface area contributed by atoms with E-state index in [1.54, 1.807) is 24.3 Å². The topological polar surface area (TPSA) is 93.7 Å². The first kappa shape index (κ1) is 21.5. The summed E-state index contributed by atoms with van der Waals surface area (Å²) in [4.78, 5) is 11.2. The van der Waals surface area contributed by atoms with E-state index in [4.69, 9.17) is 9.47 Å². The molecule has 8 nitrogen and oxygen atoms in total. The van der Waals surface area contributed by atoms with Crippen LogP contribution in [0.25, 0.3) is 0 Å². The summed E-state index contributed by atoms with van der Waals surface area (Å²) in [6.45, 7) is 7.44. The van der Waals surface area contributed by atoms with Crippen LogP contribution in [0.5, 0.6) is 5.75 Å². The van der Waals surface area contributed by atoms with E-state index in [1.165, 1.54) is 0 Å². The Kier molecular flexibility index (Phi) is 7.40. The molecule has 0 spiro atoms. The Morgan fingerprint density at radius 3 is 2.59 bits per heavy atom. The van der Waals surface area contributed by atoms with E-state index in [0.717, 1.165) is 37.4 Å². The Morgan fingerprint density at radius 1 is 1.17 bits per heavy atom. The minimum absolute atomic E-state index is 0.0239. The first-order valence-electron chi connectivity index (χ1n) is 9.88. The number of hydrogen-bond donors (Lipinski definition) is 1. The summed E-state index contributed by atoms with van der Waals surface area (Å²) in [5, 5.41) is 0. The average Bonchev–Trinajstić information content (AvgIpc) is 2.73. The largest absolute Gasteiger partial charge is 0.494 e. The molecule has 2 heterocycles. The number of ether oxygens (including phenoxy) is 2. The van der Waals surface area contributed by atoms with Gasteiger partial charge in [0.1, 0.15) is 17.4 Å². The molecule has 1 N–H and O–H groups in total. The molecule has 29 heavy (non-hydrogen) atoms. The van der Waals surface area contributed by atoms with Crippen molar-refractivity contribution in [3.63, 3.8) is 0 Å². The highest BCUT2D eigenvalue weighted by molar-refractivity contribution is 7.89. The van der Waals surface area contributed by atoms with Gasteiger partial charge in [-0.25, -0.2) is 23.1 Å². The molecule has 1 aliphatic heterocycles. The van der Waals surface area contributed by atoms with Crippen LogP contribution in [0, 0.1) is 6.92 Å². The number of morpholine rings is 1. The van der Waals surface area contributed by atoms with Crippen molar-refractivity contribution >= 4 is 15.8 Å². The third-order valence-corrected chi connectivity index (χ3v) is 5.96. The maximum absolute atomic E-state index is 12.6. The van der Waals surface area contributed by atoms with Gasteiger partial charge in [-0.2, -0.15) is 0 Å². The number of aromatic nitrogens is 2. The smallest absolute Gasteiger partial charge is 0.240 e. The van der Waals surface area contributed by atoms with Crippen LogP contribution >= 0.6 is 0 Å². The Bertz CT molecular complexity index is 897. The summed E-state index contributed by atoms with van der Waals surface area (Å²) in [7, 11) is -3.67. The Morgan fingerprint density at radius 2 is 1.90 bits per heavy atom. The van der Waals surface area contributed by atoms with Crippen LogP contribution < -0.4 is 14.4 Å². The van der Waals surface area contributed by atoms with Crippen molar-refractivity contribution in [1.29, 1.82) is 0 Å². The number of nitrogens with one attached hydrogen (secondary N) is 1. The SMILES string of the molecule is CCCCOc1ccc(S(=O)(=O)NCc2nc(C)cc(N3CCOCC3)n2)cc1. The quantitative estimate of drug-likeness (QED) is 0.622. The molecule has 3 rings (SSSR count). The van der Waals surface area contributed by atoms with E-state index in [1.807, 2.05) is 13.0 Å². The fourth-order valence-corrected chi connectivity index (χ4v) is 3.92. The summed E-state index contributed by atoms with van der Waals surface area (Å²) < 4.78 is 38.8. The van der Waals surface area contributed by atoms with Crippen LogP contribution in [0.15, 0.2) is 35.2 Å². The minimum atomic E-state index is -3.67. The van der Waals surface area contributed by atoms with E-state index in [2.05, 4.69) is 26.5 Å². The maximum Gasteiger partial charge on any atom is 0.240 e. The molecule has 158 valence electrons. The Balaban J connectivity index is 1.64. The maximum atomic E-state index is 12.6. The molecule has 1 fully saturated rings. The van der Waals surface area contributed by atoms with E-state index in [9.17, 15) is 8.42 Å². The lowest BCUT2D eigenvalue weighted by Gasteiger charge is -2.28. The van der Waals surface area contributed by atoms with Crippen LogP contribution in [0.1, 0.15) is 31.3 Å². The van der Waals surface area contributed by atoms with Crippen LogP contribution in [0.2, 0.25) is 0 Å². The summed E-state index contributed by atoms with van der Waals surface area (Å²) in [5.41, 5.74) is 0.796. The molecular weight excluding hydrogens is 392 g/mol. The van der Waals surface area contributed by atoms with E-state index >= 15 is 0 Å². The fraction of sp³-hybridized carbons (Fsp3) is 0.500. The third kappa shape index (κ3) is 6.12. The number of benzene rings is 1. The second-order valence-corrected chi connectivity index (χ2v) is 8.65. The lowest BCUT2D eigenvalue weighted by molar-refractivity contribution is 0.122. The molecule has 1 aromatic carbocycles. The summed E-state index contributed by atoms with van der Waals surface area (Å²) in [6, 6.07) is 8.33. The van der Waals surface area contributed by atoms with Gasteiger partial charge in [-0.3, -0.25) is 0 Å². The minimum Gasteiger partial charge on any atom is -0.494 e. The van der Waals surface area contributed by atoms with Gasteiger partial charge in [0.2, 0.25) is 10.0 Å². The van der Waals surface area contributed by atoms with Crippen molar-refractivity contribution in [1.82, 2.24) is 14.7 Å². The van der Waals surface area contributed by atoms with Crippen LogP contribution in [0.4, 0.5) is 5.82 Å². The first-order valence-corrected chi connectivity index (χ1v) is 11.4. The molecule has 0 amide bonds. The number of anilines is 1. The van der Waals surface area contributed by atoms with Crippen LogP contribution in [-0.4, -0.2) is 51.3 Å². The van der Waals surface area contributed by atoms with Crippen LogP contribution in [-0.2, 0) is 21.3 Å². The van der Waals surface area contributed by atoms with Crippen molar-refractivity contribution in [2.24, 2.45) is 0 Å². The van der Waals surface area contributed by atoms with E-state index in [-0.39, 0.29) is 11.4 Å². The van der Waals surface area contributed by atoms with Gasteiger partial charge >= 0.3 is 0 Å². The molecule has 1 aliphatic rings. The standard InChI is InChI=1S/C20H28N4O4S/c1-3-4-11-28-17-5-7-18(8-6-17)29(25,26)21-15-19-22-16(2)14-20(23-19)24-9-12-27-13-10-24/h5-8,14,21H,3-4,9-13,15H2,1-2H3. The van der Waals surface area contributed by atoms with E-state index in [0.29, 0.717) is 31.4 Å². The zero-order valence-corrected chi connectivity index (χ0v) is 17.7. The van der Waals surface area contributed by atoms with Gasteiger partial charge in [0.25, 0.3) is 0 Å². The zero-order chi connectivity index (χ0) is 20.7. The molecule has 1 saturated heterocycles.